The van der Waals surface area contributed by atoms with Crippen LogP contribution in [-0.4, -0.2) is 35.7 Å². The molecule has 0 heterocycles. The third-order valence-corrected chi connectivity index (χ3v) is 6.59. The van der Waals surface area contributed by atoms with Crippen LogP contribution in [0.5, 0.6) is 0 Å². The van der Waals surface area contributed by atoms with Crippen LogP contribution in [0.15, 0.2) is 66.7 Å². The number of aromatic carboxylic acids is 1. The summed E-state index contributed by atoms with van der Waals surface area (Å²) in [4.78, 5) is 36.6. The molecule has 0 radical (unpaired) electrons. The van der Waals surface area contributed by atoms with Crippen molar-refractivity contribution in [2.45, 2.75) is 32.7 Å². The van der Waals surface area contributed by atoms with Crippen LogP contribution in [0.3, 0.4) is 0 Å². The molecule has 3 N–H and O–H groups in total. The molecule has 0 bridgehead atoms. The van der Waals surface area contributed by atoms with E-state index in [9.17, 15) is 19.5 Å². The Bertz CT molecular complexity index is 1240. The van der Waals surface area contributed by atoms with Crippen molar-refractivity contribution in [2.24, 2.45) is 5.92 Å². The van der Waals surface area contributed by atoms with E-state index in [2.05, 4.69) is 34.9 Å². The summed E-state index contributed by atoms with van der Waals surface area (Å²) in [6.07, 6.45) is -0.595. The molecule has 7 heteroatoms. The number of rotatable bonds is 7. The minimum absolute atomic E-state index is 0.0471. The number of alkyl carbamates (subject to hydrolysis) is 1. The first-order valence-corrected chi connectivity index (χ1v) is 11.5. The van der Waals surface area contributed by atoms with E-state index >= 15 is 0 Å². The number of benzene rings is 3. The number of amides is 2. The van der Waals surface area contributed by atoms with Gasteiger partial charge in [-0.25, -0.2) is 9.59 Å². The van der Waals surface area contributed by atoms with Crippen LogP contribution in [-0.2, 0) is 9.53 Å². The summed E-state index contributed by atoms with van der Waals surface area (Å²) in [5, 5.41) is 14.7. The smallest absolute Gasteiger partial charge is 0.407 e. The molecule has 1 aliphatic rings. The highest BCUT2D eigenvalue weighted by atomic mass is 16.5. The van der Waals surface area contributed by atoms with Crippen LogP contribution in [0, 0.1) is 12.8 Å². The van der Waals surface area contributed by atoms with Crippen LogP contribution in [0.2, 0.25) is 0 Å². The zero-order chi connectivity index (χ0) is 25.1. The molecular formula is C28H28N2O5. The van der Waals surface area contributed by atoms with Crippen molar-refractivity contribution in [3.05, 3.63) is 89.0 Å². The van der Waals surface area contributed by atoms with E-state index < -0.39 is 24.0 Å². The molecule has 3 aromatic rings. The number of ether oxygens (including phenoxy) is 1. The van der Waals surface area contributed by atoms with E-state index in [0.717, 1.165) is 22.3 Å². The van der Waals surface area contributed by atoms with Crippen molar-refractivity contribution in [1.29, 1.82) is 0 Å². The molecule has 0 fully saturated rings. The van der Waals surface area contributed by atoms with Crippen LogP contribution >= 0.6 is 0 Å². The molecule has 7 nitrogen and oxygen atoms in total. The maximum absolute atomic E-state index is 12.7. The van der Waals surface area contributed by atoms with E-state index in [1.165, 1.54) is 6.07 Å². The maximum atomic E-state index is 12.7. The fraction of sp³-hybridized carbons (Fsp3) is 0.250. The maximum Gasteiger partial charge on any atom is 0.407 e. The summed E-state index contributed by atoms with van der Waals surface area (Å²) in [7, 11) is 0. The summed E-state index contributed by atoms with van der Waals surface area (Å²) >= 11 is 0. The predicted molar refractivity (Wildman–Crippen MR) is 134 cm³/mol. The van der Waals surface area contributed by atoms with Crippen molar-refractivity contribution in [2.75, 3.05) is 11.9 Å². The number of carbonyl (C=O) groups excluding carboxylic acids is 2. The Morgan fingerprint density at radius 2 is 1.54 bits per heavy atom. The number of anilines is 1. The minimum atomic E-state index is -1.06. The van der Waals surface area contributed by atoms with Crippen molar-refractivity contribution in [1.82, 2.24) is 5.32 Å². The fourth-order valence-corrected chi connectivity index (χ4v) is 4.36. The molecule has 0 saturated heterocycles. The molecule has 35 heavy (non-hydrogen) atoms. The number of carboxylic acids is 1. The number of nitrogens with one attached hydrogen (secondary N) is 2. The Morgan fingerprint density at radius 3 is 2.14 bits per heavy atom. The normalized spacial score (nSPS) is 13.8. The van der Waals surface area contributed by atoms with Gasteiger partial charge in [-0.2, -0.15) is 0 Å². The first kappa shape index (κ1) is 24.0. The minimum Gasteiger partial charge on any atom is -0.478 e. The van der Waals surface area contributed by atoms with E-state index in [4.69, 9.17) is 4.74 Å². The van der Waals surface area contributed by atoms with Gasteiger partial charge in [0.15, 0.2) is 0 Å². The quantitative estimate of drug-likeness (QED) is 0.439. The average Bonchev–Trinajstić information content (AvgIpc) is 3.17. The fourth-order valence-electron chi connectivity index (χ4n) is 4.36. The van der Waals surface area contributed by atoms with Gasteiger partial charge in [-0.3, -0.25) is 4.79 Å². The molecule has 1 aliphatic carbocycles. The van der Waals surface area contributed by atoms with Gasteiger partial charge in [0, 0.05) is 17.6 Å². The highest BCUT2D eigenvalue weighted by molar-refractivity contribution is 5.96. The molecule has 0 aromatic heterocycles. The lowest BCUT2D eigenvalue weighted by Crippen LogP contribution is -2.42. The summed E-state index contributed by atoms with van der Waals surface area (Å²) in [6, 6.07) is 20.4. The second kappa shape index (κ2) is 10.0. The third kappa shape index (κ3) is 5.04. The topological polar surface area (TPSA) is 105 Å². The lowest BCUT2D eigenvalue weighted by Gasteiger charge is -2.21. The van der Waals surface area contributed by atoms with Gasteiger partial charge >= 0.3 is 12.1 Å². The SMILES string of the molecule is Cc1ccc(NC(=O)C(C)C(C)NC(=O)OCC2c3ccccc3-c3ccccc32)cc1C(=O)O. The summed E-state index contributed by atoms with van der Waals surface area (Å²) in [6.45, 7) is 5.30. The first-order valence-electron chi connectivity index (χ1n) is 11.5. The summed E-state index contributed by atoms with van der Waals surface area (Å²) in [5.41, 5.74) is 5.67. The first-order chi connectivity index (χ1) is 16.8. The van der Waals surface area contributed by atoms with Gasteiger partial charge in [0.2, 0.25) is 5.91 Å². The molecule has 4 rings (SSSR count). The molecule has 0 saturated carbocycles. The van der Waals surface area contributed by atoms with E-state index in [1.54, 1.807) is 32.9 Å². The van der Waals surface area contributed by atoms with Gasteiger partial charge in [0.25, 0.3) is 0 Å². The van der Waals surface area contributed by atoms with Crippen LogP contribution in [0.1, 0.15) is 46.8 Å². The molecule has 0 spiro atoms. The average molecular weight is 473 g/mol. The lowest BCUT2D eigenvalue weighted by molar-refractivity contribution is -0.120. The molecular weight excluding hydrogens is 444 g/mol. The monoisotopic (exact) mass is 472 g/mol. The van der Waals surface area contributed by atoms with Gasteiger partial charge < -0.3 is 20.5 Å². The number of fused-ring (bicyclic) bond motifs is 3. The largest absolute Gasteiger partial charge is 0.478 e. The molecule has 2 unspecified atom stereocenters. The van der Waals surface area contributed by atoms with E-state index in [0.29, 0.717) is 11.3 Å². The van der Waals surface area contributed by atoms with Crippen LogP contribution in [0.4, 0.5) is 10.5 Å². The standard InChI is InChI=1S/C28H28N2O5/c1-16-12-13-19(14-24(16)27(32)33)30-26(31)17(2)18(3)29-28(34)35-15-25-22-10-6-4-8-20(22)21-9-5-7-11-23(21)25/h4-14,17-18,25H,15H2,1-3H3,(H,29,34)(H,30,31)(H,32,33). The second-order valence-electron chi connectivity index (χ2n) is 8.87. The highest BCUT2D eigenvalue weighted by Crippen LogP contribution is 2.44. The zero-order valence-electron chi connectivity index (χ0n) is 19.9. The highest BCUT2D eigenvalue weighted by Gasteiger charge is 2.29. The number of hydrogen-bond acceptors (Lipinski definition) is 4. The Labute approximate surface area is 204 Å². The van der Waals surface area contributed by atoms with Crippen molar-refractivity contribution in [3.63, 3.8) is 0 Å². The third-order valence-electron chi connectivity index (χ3n) is 6.59. The van der Waals surface area contributed by atoms with Gasteiger partial charge in [-0.15, -0.1) is 0 Å². The van der Waals surface area contributed by atoms with Crippen LogP contribution < -0.4 is 10.6 Å². The van der Waals surface area contributed by atoms with Gasteiger partial charge in [0.05, 0.1) is 11.5 Å². The van der Waals surface area contributed by atoms with Gasteiger partial charge in [-0.1, -0.05) is 61.5 Å². The number of carboxylic acid groups (broad SMARTS) is 1. The molecule has 2 atom stereocenters. The Balaban J connectivity index is 1.34. The second-order valence-corrected chi connectivity index (χ2v) is 8.87. The van der Waals surface area contributed by atoms with Gasteiger partial charge in [-0.05, 0) is 53.8 Å². The molecule has 3 aromatic carbocycles. The van der Waals surface area contributed by atoms with E-state index in [1.807, 2.05) is 24.3 Å². The van der Waals surface area contributed by atoms with Crippen molar-refractivity contribution >= 4 is 23.7 Å². The predicted octanol–water partition coefficient (Wildman–Crippen LogP) is 5.20. The molecule has 2 amide bonds. The Morgan fingerprint density at radius 1 is 0.943 bits per heavy atom. The molecule has 0 aliphatic heterocycles. The number of carbonyl (C=O) groups is 3. The van der Waals surface area contributed by atoms with E-state index in [-0.39, 0.29) is 24.0 Å². The summed E-state index contributed by atoms with van der Waals surface area (Å²) in [5.74, 6) is -2.02. The number of aryl methyl sites for hydroxylation is 1. The zero-order valence-corrected chi connectivity index (χ0v) is 19.9. The van der Waals surface area contributed by atoms with Crippen molar-refractivity contribution < 1.29 is 24.2 Å². The Kier molecular flexibility index (Phi) is 6.87. The molecule has 180 valence electrons. The lowest BCUT2D eigenvalue weighted by atomic mass is 9.98. The van der Waals surface area contributed by atoms with Gasteiger partial charge in [0.1, 0.15) is 6.61 Å². The summed E-state index contributed by atoms with van der Waals surface area (Å²) < 4.78 is 5.57. The van der Waals surface area contributed by atoms with Crippen molar-refractivity contribution in [3.8, 4) is 11.1 Å². The number of hydrogen-bond donors (Lipinski definition) is 3. The van der Waals surface area contributed by atoms with Crippen LogP contribution in [0.25, 0.3) is 11.1 Å². The Hall–Kier alpha value is -4.13.